The van der Waals surface area contributed by atoms with Gasteiger partial charge in [0.2, 0.25) is 0 Å². The van der Waals surface area contributed by atoms with Gasteiger partial charge in [0, 0.05) is 35.3 Å². The molecule has 0 aliphatic carbocycles. The normalized spacial score (nSPS) is 11.3. The summed E-state index contributed by atoms with van der Waals surface area (Å²) in [6.45, 7) is -0.386. The fourth-order valence-electron chi connectivity index (χ4n) is 2.81. The highest BCUT2D eigenvalue weighted by atomic mass is 32.2. The van der Waals surface area contributed by atoms with Gasteiger partial charge in [-0.25, -0.2) is 9.37 Å². The maximum absolute atomic E-state index is 13.3. The summed E-state index contributed by atoms with van der Waals surface area (Å²) >= 11 is -0.0949. The summed E-state index contributed by atoms with van der Waals surface area (Å²) in [7, 11) is 0. The zero-order valence-electron chi connectivity index (χ0n) is 12.8. The van der Waals surface area contributed by atoms with Crippen molar-refractivity contribution in [2.24, 2.45) is 0 Å². The molecule has 4 rings (SSSR count). The van der Waals surface area contributed by atoms with Gasteiger partial charge in [-0.15, -0.1) is 3.89 Å². The molecule has 0 saturated heterocycles. The average molecular weight is 358 g/mol. The predicted octanol–water partition coefficient (Wildman–Crippen LogP) is 3.88. The number of hydrogen-bond donors (Lipinski definition) is 1. The molecule has 0 amide bonds. The Labute approximate surface area is 146 Å². The van der Waals surface area contributed by atoms with E-state index in [0.717, 1.165) is 15.3 Å². The second-order valence-corrected chi connectivity index (χ2v) is 5.87. The minimum Gasteiger partial charge on any atom is -0.390 e. The molecule has 0 unspecified atom stereocenters. The summed E-state index contributed by atoms with van der Waals surface area (Å²) in [5.41, 5.74) is 3.53. The van der Waals surface area contributed by atoms with E-state index < -0.39 is 0 Å². The number of aromatic nitrogens is 4. The van der Waals surface area contributed by atoms with Crippen LogP contribution < -0.4 is 0 Å². The van der Waals surface area contributed by atoms with Gasteiger partial charge in [0.05, 0.1) is 12.3 Å². The molecule has 0 radical (unpaired) electrons. The van der Waals surface area contributed by atoms with E-state index in [1.807, 2.05) is 22.7 Å². The largest absolute Gasteiger partial charge is 0.390 e. The average Bonchev–Trinajstić information content (AvgIpc) is 3.25. The molecule has 0 saturated carbocycles. The van der Waals surface area contributed by atoms with Crippen molar-refractivity contribution >= 4 is 18.0 Å². The van der Waals surface area contributed by atoms with Crippen molar-refractivity contribution < 1.29 is 13.4 Å². The van der Waals surface area contributed by atoms with Crippen LogP contribution in [-0.2, 0) is 6.61 Å². The van der Waals surface area contributed by atoms with Crippen LogP contribution in [0, 0.1) is 5.82 Å². The highest BCUT2D eigenvalue weighted by molar-refractivity contribution is 7.92. The summed E-state index contributed by atoms with van der Waals surface area (Å²) in [5.74, 6) is -0.369. The molecule has 126 valence electrons. The first-order valence-corrected chi connectivity index (χ1v) is 8.09. The van der Waals surface area contributed by atoms with Gasteiger partial charge in [-0.1, -0.05) is 0 Å². The Hall–Kier alpha value is -2.71. The fourth-order valence-corrected chi connectivity index (χ4v) is 3.16. The van der Waals surface area contributed by atoms with Crippen LogP contribution in [0.15, 0.2) is 55.0 Å². The van der Waals surface area contributed by atoms with E-state index in [2.05, 4.69) is 10.1 Å². The minimum absolute atomic E-state index is 0.0949. The van der Waals surface area contributed by atoms with Crippen molar-refractivity contribution in [1.82, 2.24) is 18.6 Å². The number of aliphatic hydroxyl groups is 1. The fraction of sp³-hybridized carbons (Fsp3) is 0.0588. The summed E-state index contributed by atoms with van der Waals surface area (Å²) in [5, 5.41) is 14.0. The SMILES string of the molecule is OCc1c(-c2ccc3nccn3c2)c(-c2ccc(F)cc2)nn1SF. The van der Waals surface area contributed by atoms with Gasteiger partial charge in [-0.2, -0.15) is 9.19 Å². The second kappa shape index (κ2) is 6.30. The maximum atomic E-state index is 13.3. The van der Waals surface area contributed by atoms with Crippen LogP contribution in [0.5, 0.6) is 0 Å². The molecule has 1 N–H and O–H groups in total. The molecule has 0 aliphatic heterocycles. The number of benzene rings is 1. The first kappa shape index (κ1) is 15.8. The minimum atomic E-state index is -0.386. The number of fused-ring (bicyclic) bond motifs is 1. The smallest absolute Gasteiger partial charge is 0.187 e. The third kappa shape index (κ3) is 2.69. The van der Waals surface area contributed by atoms with Crippen molar-refractivity contribution in [3.63, 3.8) is 0 Å². The lowest BCUT2D eigenvalue weighted by molar-refractivity contribution is 0.275. The molecule has 0 bridgehead atoms. The van der Waals surface area contributed by atoms with E-state index in [0.29, 0.717) is 22.5 Å². The monoisotopic (exact) mass is 358 g/mol. The van der Waals surface area contributed by atoms with Gasteiger partial charge in [0.15, 0.2) is 12.3 Å². The molecule has 1 aromatic carbocycles. The topological polar surface area (TPSA) is 55.4 Å². The molecule has 4 aromatic rings. The second-order valence-electron chi connectivity index (χ2n) is 5.39. The van der Waals surface area contributed by atoms with Gasteiger partial charge in [0.1, 0.15) is 17.2 Å². The third-order valence-electron chi connectivity index (χ3n) is 3.96. The third-order valence-corrected chi connectivity index (χ3v) is 4.39. The molecule has 0 atom stereocenters. The van der Waals surface area contributed by atoms with E-state index in [1.165, 1.54) is 12.1 Å². The van der Waals surface area contributed by atoms with Crippen LogP contribution in [0.25, 0.3) is 28.0 Å². The first-order chi connectivity index (χ1) is 12.2. The number of aliphatic hydroxyl groups excluding tert-OH is 1. The number of hydrogen-bond acceptors (Lipinski definition) is 4. The first-order valence-electron chi connectivity index (χ1n) is 7.42. The Morgan fingerprint density at radius 3 is 2.56 bits per heavy atom. The number of rotatable bonds is 4. The van der Waals surface area contributed by atoms with Crippen LogP contribution in [0.4, 0.5) is 8.28 Å². The van der Waals surface area contributed by atoms with Gasteiger partial charge in [-0.3, -0.25) is 0 Å². The molecular formula is C17H12F2N4OS. The zero-order valence-corrected chi connectivity index (χ0v) is 13.6. The molecule has 3 heterocycles. The number of pyridine rings is 1. The van der Waals surface area contributed by atoms with E-state index in [-0.39, 0.29) is 24.8 Å². The summed E-state index contributed by atoms with van der Waals surface area (Å²) in [6, 6.07) is 9.44. The Kier molecular flexibility index (Phi) is 3.98. The van der Waals surface area contributed by atoms with E-state index in [1.54, 1.807) is 24.5 Å². The van der Waals surface area contributed by atoms with E-state index in [9.17, 15) is 13.4 Å². The Morgan fingerprint density at radius 2 is 1.84 bits per heavy atom. The predicted molar refractivity (Wildman–Crippen MR) is 91.8 cm³/mol. The van der Waals surface area contributed by atoms with Gasteiger partial charge < -0.3 is 9.51 Å². The van der Waals surface area contributed by atoms with Crippen LogP contribution in [0.1, 0.15) is 5.69 Å². The number of nitrogens with zero attached hydrogens (tertiary/aromatic N) is 4. The molecular weight excluding hydrogens is 346 g/mol. The Balaban J connectivity index is 1.98. The lowest BCUT2D eigenvalue weighted by Crippen LogP contribution is -1.96. The molecule has 3 aromatic heterocycles. The quantitative estimate of drug-likeness (QED) is 0.602. The van der Waals surface area contributed by atoms with Gasteiger partial charge in [0.25, 0.3) is 0 Å². The van der Waals surface area contributed by atoms with Crippen molar-refractivity contribution in [3.05, 3.63) is 66.5 Å². The van der Waals surface area contributed by atoms with Crippen LogP contribution in [-0.4, -0.2) is 23.7 Å². The lowest BCUT2D eigenvalue weighted by atomic mass is 10.0. The summed E-state index contributed by atoms with van der Waals surface area (Å²) in [6.07, 6.45) is 5.30. The molecule has 0 spiro atoms. The zero-order chi connectivity index (χ0) is 17.4. The molecule has 0 aliphatic rings. The maximum Gasteiger partial charge on any atom is 0.187 e. The van der Waals surface area contributed by atoms with Crippen LogP contribution >= 0.6 is 12.3 Å². The Bertz CT molecular complexity index is 1040. The van der Waals surface area contributed by atoms with E-state index >= 15 is 0 Å². The van der Waals surface area contributed by atoms with Crippen molar-refractivity contribution in [1.29, 1.82) is 0 Å². The summed E-state index contributed by atoms with van der Waals surface area (Å²) < 4.78 is 29.4. The Morgan fingerprint density at radius 1 is 1.08 bits per heavy atom. The van der Waals surface area contributed by atoms with Crippen molar-refractivity contribution in [2.45, 2.75) is 6.61 Å². The van der Waals surface area contributed by atoms with Crippen LogP contribution in [0.2, 0.25) is 0 Å². The standard InChI is InChI=1S/C17H12F2N4OS/c18-13-4-1-11(2-5-13)17-16(14(10-24)23(21-17)25-19)12-3-6-15-20-7-8-22(15)9-12/h1-9,24H,10H2. The highest BCUT2D eigenvalue weighted by Crippen LogP contribution is 2.36. The summed E-state index contributed by atoms with van der Waals surface area (Å²) in [4.78, 5) is 4.19. The molecule has 0 fully saturated rings. The highest BCUT2D eigenvalue weighted by Gasteiger charge is 2.21. The van der Waals surface area contributed by atoms with Gasteiger partial charge in [-0.05, 0) is 36.4 Å². The molecule has 5 nitrogen and oxygen atoms in total. The van der Waals surface area contributed by atoms with Crippen molar-refractivity contribution in [2.75, 3.05) is 0 Å². The van der Waals surface area contributed by atoms with Crippen molar-refractivity contribution in [3.8, 4) is 22.4 Å². The number of halogens is 2. The van der Waals surface area contributed by atoms with Crippen LogP contribution in [0.3, 0.4) is 0 Å². The van der Waals surface area contributed by atoms with E-state index in [4.69, 9.17) is 0 Å². The lowest BCUT2D eigenvalue weighted by Gasteiger charge is -2.07. The number of imidazole rings is 1. The molecule has 25 heavy (non-hydrogen) atoms. The molecule has 8 heteroatoms. The van der Waals surface area contributed by atoms with Gasteiger partial charge >= 0.3 is 0 Å².